The van der Waals surface area contributed by atoms with E-state index in [0.717, 1.165) is 50.1 Å². The number of Topliss-reactive ketones (excluding diaryl/α,β-unsaturated/α-hetero) is 1. The van der Waals surface area contributed by atoms with Crippen molar-refractivity contribution in [2.24, 2.45) is 5.92 Å². The number of carbonyl (C=O) groups is 2. The highest BCUT2D eigenvalue weighted by Gasteiger charge is 2.38. The lowest BCUT2D eigenvalue weighted by Crippen LogP contribution is -2.35. The van der Waals surface area contributed by atoms with Gasteiger partial charge >= 0.3 is 12.1 Å². The predicted octanol–water partition coefficient (Wildman–Crippen LogP) is 3.89. The van der Waals surface area contributed by atoms with Gasteiger partial charge in [-0.2, -0.15) is 13.2 Å². The number of alkyl halides is 3. The van der Waals surface area contributed by atoms with Crippen molar-refractivity contribution in [3.05, 3.63) is 53.6 Å². The van der Waals surface area contributed by atoms with Gasteiger partial charge in [0.25, 0.3) is 0 Å². The van der Waals surface area contributed by atoms with E-state index in [-0.39, 0.29) is 17.5 Å². The third kappa shape index (κ3) is 6.31. The summed E-state index contributed by atoms with van der Waals surface area (Å²) in [6.45, 7) is 5.57. The Bertz CT molecular complexity index is 1140. The highest BCUT2D eigenvalue weighted by atomic mass is 19.4. The fourth-order valence-corrected chi connectivity index (χ4v) is 3.82. The van der Waals surface area contributed by atoms with Crippen molar-refractivity contribution in [1.29, 1.82) is 0 Å². The Hall–Kier alpha value is -3.47. The molecular weight excluding hydrogens is 453 g/mol. The number of carbonyl (C=O) groups excluding carboxylic acids is 1. The van der Waals surface area contributed by atoms with Crippen LogP contribution in [0, 0.1) is 5.92 Å². The smallest absolute Gasteiger partial charge is 0.490 e. The fraction of sp³-hybridized carbons (Fsp3) is 0.391. The van der Waals surface area contributed by atoms with Crippen molar-refractivity contribution < 1.29 is 33.0 Å². The molecule has 4 rings (SSSR count). The van der Waals surface area contributed by atoms with Gasteiger partial charge in [-0.1, -0.05) is 11.3 Å². The average Bonchev–Trinajstić information content (AvgIpc) is 3.22. The first-order valence-corrected chi connectivity index (χ1v) is 10.8. The lowest BCUT2D eigenvalue weighted by atomic mass is 9.88. The number of benzene rings is 2. The molecule has 34 heavy (non-hydrogen) atoms. The second-order valence-corrected chi connectivity index (χ2v) is 7.99. The first kappa shape index (κ1) is 25.2. The summed E-state index contributed by atoms with van der Waals surface area (Å²) in [5.41, 5.74) is 3.93. The Balaban J connectivity index is 0.000000406. The molecular formula is C23H25F3N4O4. The van der Waals surface area contributed by atoms with Crippen molar-refractivity contribution in [2.75, 3.05) is 13.1 Å². The highest BCUT2D eigenvalue weighted by molar-refractivity contribution is 5.98. The molecule has 1 aromatic heterocycles. The van der Waals surface area contributed by atoms with Gasteiger partial charge in [0.15, 0.2) is 5.78 Å². The summed E-state index contributed by atoms with van der Waals surface area (Å²) in [7, 11) is 0. The number of fused-ring (bicyclic) bond motifs is 1. The zero-order valence-electron chi connectivity index (χ0n) is 18.5. The van der Waals surface area contributed by atoms with Gasteiger partial charge < -0.3 is 10.2 Å². The van der Waals surface area contributed by atoms with E-state index < -0.39 is 12.1 Å². The second-order valence-electron chi connectivity index (χ2n) is 7.99. The Kier molecular flexibility index (Phi) is 7.87. The number of halogens is 3. The molecule has 2 aromatic carbocycles. The van der Waals surface area contributed by atoms with Crippen LogP contribution in [0.25, 0.3) is 11.0 Å². The van der Waals surface area contributed by atoms with Gasteiger partial charge in [-0.05, 0) is 74.8 Å². The summed E-state index contributed by atoms with van der Waals surface area (Å²) >= 11 is 0. The number of aromatic nitrogens is 3. The van der Waals surface area contributed by atoms with Gasteiger partial charge in [0, 0.05) is 24.6 Å². The molecule has 0 radical (unpaired) electrons. The van der Waals surface area contributed by atoms with Crippen molar-refractivity contribution in [1.82, 2.24) is 19.9 Å². The zero-order chi connectivity index (χ0) is 24.9. The Morgan fingerprint density at radius 3 is 2.26 bits per heavy atom. The van der Waals surface area contributed by atoms with Crippen molar-refractivity contribution >= 4 is 22.8 Å². The van der Waals surface area contributed by atoms with Crippen LogP contribution in [-0.4, -0.2) is 61.1 Å². The van der Waals surface area contributed by atoms with Gasteiger partial charge in [-0.3, -0.25) is 9.69 Å². The van der Waals surface area contributed by atoms with Crippen LogP contribution in [-0.2, 0) is 17.9 Å². The van der Waals surface area contributed by atoms with Crippen molar-refractivity contribution in [2.45, 2.75) is 39.0 Å². The number of aromatic hydroxyl groups is 1. The first-order chi connectivity index (χ1) is 16.1. The molecule has 1 fully saturated rings. The van der Waals surface area contributed by atoms with Crippen LogP contribution in [0.2, 0.25) is 0 Å². The molecule has 0 aliphatic carbocycles. The highest BCUT2D eigenvalue weighted by Crippen LogP contribution is 2.24. The summed E-state index contributed by atoms with van der Waals surface area (Å²) in [6, 6.07) is 12.9. The number of piperidine rings is 1. The molecule has 8 nitrogen and oxygen atoms in total. The van der Waals surface area contributed by atoms with E-state index >= 15 is 0 Å². The molecule has 0 spiro atoms. The number of aryl methyl sites for hydroxylation is 1. The standard InChI is InChI=1S/C21H24N4O2.C2HF3O2/c1-2-25-20-8-3-15(13-19(20)22-23-25)14-24-11-9-17(10-12-24)21(27)16-4-6-18(26)7-5-16;3-2(4,5)1(6)7/h3-8,13,17,26H,2,9-12,14H2,1H3;(H,6,7). The largest absolute Gasteiger partial charge is 0.508 e. The molecule has 1 aliphatic heterocycles. The fourth-order valence-electron chi connectivity index (χ4n) is 3.82. The molecule has 3 aromatic rings. The topological polar surface area (TPSA) is 109 Å². The normalized spacial score (nSPS) is 15.1. The summed E-state index contributed by atoms with van der Waals surface area (Å²) in [6.07, 6.45) is -3.35. The van der Waals surface area contributed by atoms with E-state index in [2.05, 4.69) is 40.3 Å². The van der Waals surface area contributed by atoms with Gasteiger partial charge in [-0.15, -0.1) is 5.10 Å². The molecule has 0 unspecified atom stereocenters. The Morgan fingerprint density at radius 1 is 1.09 bits per heavy atom. The number of carboxylic acid groups (broad SMARTS) is 1. The maximum Gasteiger partial charge on any atom is 0.490 e. The van der Waals surface area contributed by atoms with Crippen LogP contribution in [0.3, 0.4) is 0 Å². The molecule has 182 valence electrons. The molecule has 1 aliphatic rings. The monoisotopic (exact) mass is 478 g/mol. The second kappa shape index (κ2) is 10.6. The van der Waals surface area contributed by atoms with E-state index in [0.29, 0.717) is 5.56 Å². The van der Waals surface area contributed by atoms with Crippen molar-refractivity contribution in [3.63, 3.8) is 0 Å². The van der Waals surface area contributed by atoms with Crippen LogP contribution >= 0.6 is 0 Å². The van der Waals surface area contributed by atoms with Crippen LogP contribution in [0.5, 0.6) is 5.75 Å². The number of aliphatic carboxylic acids is 1. The van der Waals surface area contributed by atoms with E-state index in [9.17, 15) is 23.1 Å². The number of phenolic OH excluding ortho intramolecular Hbond substituents is 1. The van der Waals surface area contributed by atoms with Crippen molar-refractivity contribution in [3.8, 4) is 5.75 Å². The van der Waals surface area contributed by atoms with Crippen LogP contribution < -0.4 is 0 Å². The lowest BCUT2D eigenvalue weighted by Gasteiger charge is -2.31. The minimum Gasteiger partial charge on any atom is -0.508 e. The summed E-state index contributed by atoms with van der Waals surface area (Å²) in [5.74, 6) is -2.31. The Morgan fingerprint density at radius 2 is 1.71 bits per heavy atom. The number of nitrogens with zero attached hydrogens (tertiary/aromatic N) is 4. The third-order valence-corrected chi connectivity index (χ3v) is 5.64. The van der Waals surface area contributed by atoms with Crippen LogP contribution in [0.4, 0.5) is 13.2 Å². The van der Waals surface area contributed by atoms with E-state index in [4.69, 9.17) is 9.90 Å². The average molecular weight is 478 g/mol. The number of carboxylic acids is 1. The molecule has 0 amide bonds. The molecule has 2 heterocycles. The Labute approximate surface area is 193 Å². The maximum absolute atomic E-state index is 12.6. The predicted molar refractivity (Wildman–Crippen MR) is 117 cm³/mol. The van der Waals surface area contributed by atoms with Crippen LogP contribution in [0.1, 0.15) is 35.7 Å². The molecule has 0 bridgehead atoms. The minimum absolute atomic E-state index is 0.0673. The summed E-state index contributed by atoms with van der Waals surface area (Å²) < 4.78 is 33.6. The van der Waals surface area contributed by atoms with E-state index in [1.807, 2.05) is 4.68 Å². The molecule has 0 saturated carbocycles. The van der Waals surface area contributed by atoms with Gasteiger partial charge in [0.2, 0.25) is 0 Å². The summed E-state index contributed by atoms with van der Waals surface area (Å²) in [5, 5.41) is 24.9. The van der Waals surface area contributed by atoms with Crippen LogP contribution in [0.15, 0.2) is 42.5 Å². The summed E-state index contributed by atoms with van der Waals surface area (Å²) in [4.78, 5) is 23.9. The first-order valence-electron chi connectivity index (χ1n) is 10.8. The number of likely N-dealkylation sites (tertiary alicyclic amines) is 1. The third-order valence-electron chi connectivity index (χ3n) is 5.64. The minimum atomic E-state index is -5.08. The quantitative estimate of drug-likeness (QED) is 0.536. The number of hydrogen-bond donors (Lipinski definition) is 2. The molecule has 11 heteroatoms. The number of phenols is 1. The molecule has 0 atom stereocenters. The molecule has 1 saturated heterocycles. The van der Waals surface area contributed by atoms with Gasteiger partial charge in [0.1, 0.15) is 11.3 Å². The SMILES string of the molecule is CCn1nnc2cc(CN3CCC(C(=O)c4ccc(O)cc4)CC3)ccc21.O=C(O)C(F)(F)F. The number of rotatable bonds is 5. The molecule has 2 N–H and O–H groups in total. The maximum atomic E-state index is 12.6. The number of hydrogen-bond acceptors (Lipinski definition) is 6. The van der Waals surface area contributed by atoms with E-state index in [1.165, 1.54) is 5.56 Å². The lowest BCUT2D eigenvalue weighted by molar-refractivity contribution is -0.192. The van der Waals surface area contributed by atoms with Gasteiger partial charge in [-0.25, -0.2) is 9.48 Å². The van der Waals surface area contributed by atoms with Gasteiger partial charge in [0.05, 0.1) is 5.52 Å². The number of ketones is 1. The zero-order valence-corrected chi connectivity index (χ0v) is 18.5. The van der Waals surface area contributed by atoms with E-state index in [1.54, 1.807) is 24.3 Å².